The minimum atomic E-state index is -0.983. The molecule has 8 nitrogen and oxygen atoms in total. The van der Waals surface area contributed by atoms with Gasteiger partial charge in [0.25, 0.3) is 0 Å². The maximum absolute atomic E-state index is 12.7. The summed E-state index contributed by atoms with van der Waals surface area (Å²) in [7, 11) is 0. The maximum atomic E-state index is 12.7. The molecule has 3 amide bonds. The lowest BCUT2D eigenvalue weighted by Gasteiger charge is -2.31. The lowest BCUT2D eigenvalue weighted by Crippen LogP contribution is -2.55. The molecule has 0 saturated carbocycles. The molecule has 0 aliphatic carbocycles. The van der Waals surface area contributed by atoms with Gasteiger partial charge in [-0.05, 0) is 33.6 Å². The first-order valence-corrected chi connectivity index (χ1v) is 11.8. The minimum absolute atomic E-state index is 0.390. The van der Waals surface area contributed by atoms with Gasteiger partial charge < -0.3 is 16.4 Å². The van der Waals surface area contributed by atoms with Crippen molar-refractivity contribution < 1.29 is 9.59 Å². The highest BCUT2D eigenvalue weighted by atomic mass is 32.2. The van der Waals surface area contributed by atoms with Gasteiger partial charge in [0.05, 0.1) is 27.0 Å². The summed E-state index contributed by atoms with van der Waals surface area (Å²) in [6.45, 7) is 9.97. The fraction of sp³-hybridized carbons (Fsp3) is 0.368. The largest absolute Gasteiger partial charge is 0.397 e. The van der Waals surface area contributed by atoms with E-state index in [0.717, 1.165) is 26.9 Å². The Kier molecular flexibility index (Phi) is 6.53. The van der Waals surface area contributed by atoms with E-state index < -0.39 is 17.5 Å². The number of anilines is 1. The van der Waals surface area contributed by atoms with E-state index in [1.54, 1.807) is 23.7 Å². The molecule has 160 valence electrons. The Bertz CT molecular complexity index is 1030. The molecule has 3 heterocycles. The molecule has 1 atom stereocenters. The van der Waals surface area contributed by atoms with Gasteiger partial charge in [-0.15, -0.1) is 11.3 Å². The lowest BCUT2D eigenvalue weighted by molar-refractivity contribution is -0.126. The van der Waals surface area contributed by atoms with Crippen molar-refractivity contribution >= 4 is 62.1 Å². The normalized spacial score (nSPS) is 19.2. The summed E-state index contributed by atoms with van der Waals surface area (Å²) in [4.78, 5) is 36.4. The Balaban J connectivity index is 1.69. The summed E-state index contributed by atoms with van der Waals surface area (Å²) in [6.07, 6.45) is 1.28. The molecule has 1 aliphatic heterocycles. The number of likely N-dealkylation sites (tertiary alicyclic amines) is 1. The second-order valence-electron chi connectivity index (χ2n) is 7.12. The van der Waals surface area contributed by atoms with Crippen molar-refractivity contribution in [1.29, 1.82) is 0 Å². The molecule has 11 heteroatoms. The highest BCUT2D eigenvalue weighted by Crippen LogP contribution is 2.34. The fourth-order valence-corrected chi connectivity index (χ4v) is 5.44. The SMILES string of the molecule is C=C(S/C=C(\N)c1sc(NC(=O)N2CCC[C@@]2(C)C(N)=O)nc1C)c1csc(C)n1. The van der Waals surface area contributed by atoms with Gasteiger partial charge in [0.1, 0.15) is 5.54 Å². The van der Waals surface area contributed by atoms with Crippen LogP contribution in [0.4, 0.5) is 9.93 Å². The highest BCUT2D eigenvalue weighted by molar-refractivity contribution is 8.11. The molecule has 5 N–H and O–H groups in total. The van der Waals surface area contributed by atoms with E-state index in [0.29, 0.717) is 29.5 Å². The molecule has 2 aromatic rings. The molecule has 2 aromatic heterocycles. The molecular weight excluding hydrogens is 440 g/mol. The number of primary amides is 1. The molecule has 0 bridgehead atoms. The van der Waals surface area contributed by atoms with E-state index in [-0.39, 0.29) is 0 Å². The number of nitrogens with zero attached hydrogens (tertiary/aromatic N) is 3. The van der Waals surface area contributed by atoms with Gasteiger partial charge >= 0.3 is 6.03 Å². The van der Waals surface area contributed by atoms with E-state index in [9.17, 15) is 9.59 Å². The van der Waals surface area contributed by atoms with Gasteiger partial charge in [0.2, 0.25) is 5.91 Å². The molecule has 1 fully saturated rings. The third kappa shape index (κ3) is 4.52. The quantitative estimate of drug-likeness (QED) is 0.597. The van der Waals surface area contributed by atoms with Crippen LogP contribution in [-0.2, 0) is 4.79 Å². The van der Waals surface area contributed by atoms with E-state index >= 15 is 0 Å². The fourth-order valence-electron chi connectivity index (χ4n) is 3.16. The van der Waals surface area contributed by atoms with Crippen LogP contribution < -0.4 is 16.8 Å². The lowest BCUT2D eigenvalue weighted by atomic mass is 9.98. The third-order valence-corrected chi connectivity index (χ3v) is 7.68. The van der Waals surface area contributed by atoms with Gasteiger partial charge in [-0.25, -0.2) is 14.8 Å². The minimum Gasteiger partial charge on any atom is -0.397 e. The van der Waals surface area contributed by atoms with Crippen LogP contribution in [0, 0.1) is 13.8 Å². The Morgan fingerprint density at radius 2 is 2.10 bits per heavy atom. The zero-order valence-corrected chi connectivity index (χ0v) is 19.5. The first-order chi connectivity index (χ1) is 14.1. The summed E-state index contributed by atoms with van der Waals surface area (Å²) < 4.78 is 0. The number of hydrogen-bond donors (Lipinski definition) is 3. The zero-order chi connectivity index (χ0) is 22.1. The molecule has 0 aromatic carbocycles. The molecule has 0 unspecified atom stereocenters. The summed E-state index contributed by atoms with van der Waals surface area (Å²) in [6, 6.07) is -0.390. The van der Waals surface area contributed by atoms with Crippen LogP contribution in [-0.4, -0.2) is 38.9 Å². The Hall–Kier alpha value is -2.37. The van der Waals surface area contributed by atoms with Crippen LogP contribution in [0.3, 0.4) is 0 Å². The van der Waals surface area contributed by atoms with Crippen molar-refractivity contribution in [2.24, 2.45) is 11.5 Å². The first kappa shape index (κ1) is 22.3. The summed E-state index contributed by atoms with van der Waals surface area (Å²) >= 11 is 4.24. The van der Waals surface area contributed by atoms with Gasteiger partial charge in [0.15, 0.2) is 5.13 Å². The second-order valence-corrected chi connectivity index (χ2v) is 10.1. The van der Waals surface area contributed by atoms with E-state index in [1.807, 2.05) is 19.2 Å². The number of rotatable bonds is 6. The zero-order valence-electron chi connectivity index (χ0n) is 17.0. The predicted molar refractivity (Wildman–Crippen MR) is 125 cm³/mol. The van der Waals surface area contributed by atoms with Crippen molar-refractivity contribution in [2.75, 3.05) is 11.9 Å². The summed E-state index contributed by atoms with van der Waals surface area (Å²) in [5, 5.41) is 7.93. The van der Waals surface area contributed by atoms with Crippen LogP contribution in [0.2, 0.25) is 0 Å². The monoisotopic (exact) mass is 464 g/mol. The van der Waals surface area contributed by atoms with Crippen molar-refractivity contribution in [3.8, 4) is 0 Å². The summed E-state index contributed by atoms with van der Waals surface area (Å²) in [5.74, 6) is -0.508. The second kappa shape index (κ2) is 8.78. The molecule has 30 heavy (non-hydrogen) atoms. The topological polar surface area (TPSA) is 127 Å². The van der Waals surface area contributed by atoms with Gasteiger partial charge in [-0.1, -0.05) is 29.7 Å². The van der Waals surface area contributed by atoms with Crippen molar-refractivity contribution in [3.05, 3.63) is 38.6 Å². The number of aryl methyl sites for hydroxylation is 2. The van der Waals surface area contributed by atoms with E-state index in [2.05, 4.69) is 21.9 Å². The third-order valence-electron chi connectivity index (χ3n) is 4.92. The molecular formula is C19H24N6O2S3. The van der Waals surface area contributed by atoms with Gasteiger partial charge in [-0.2, -0.15) is 0 Å². The standard InChI is InChI=1S/C19H24N6O2S3/c1-10-15(13(20)8-28-11(2)14-9-29-12(3)23-14)30-17(22-10)24-18(27)25-7-5-6-19(25,4)16(21)26/h8-9H,2,5-7,20H2,1,3-4H3,(H2,21,26)(H,22,24,27)/b13-8-/t19-/m0/s1. The van der Waals surface area contributed by atoms with Crippen LogP contribution >= 0.6 is 34.4 Å². The highest BCUT2D eigenvalue weighted by Gasteiger charge is 2.44. The molecule has 1 aliphatic rings. The van der Waals surface area contributed by atoms with Crippen LogP contribution in [0.5, 0.6) is 0 Å². The van der Waals surface area contributed by atoms with Crippen LogP contribution in [0.25, 0.3) is 10.6 Å². The average molecular weight is 465 g/mol. The van der Waals surface area contributed by atoms with Crippen molar-refractivity contribution in [3.63, 3.8) is 0 Å². The number of nitrogens with two attached hydrogens (primary N) is 2. The van der Waals surface area contributed by atoms with Crippen molar-refractivity contribution in [1.82, 2.24) is 14.9 Å². The predicted octanol–water partition coefficient (Wildman–Crippen LogP) is 3.75. The Morgan fingerprint density at radius 1 is 1.37 bits per heavy atom. The molecule has 3 rings (SSSR count). The summed E-state index contributed by atoms with van der Waals surface area (Å²) in [5.41, 5.74) is 12.9. The molecule has 0 radical (unpaired) electrons. The van der Waals surface area contributed by atoms with E-state index in [4.69, 9.17) is 11.5 Å². The number of aromatic nitrogens is 2. The Labute approximate surface area is 187 Å². The van der Waals surface area contributed by atoms with Gasteiger partial charge in [-0.3, -0.25) is 10.1 Å². The first-order valence-electron chi connectivity index (χ1n) is 9.22. The number of thioether (sulfide) groups is 1. The molecule has 0 spiro atoms. The number of carbonyl (C=O) groups is 2. The Morgan fingerprint density at radius 3 is 2.73 bits per heavy atom. The number of amides is 3. The number of urea groups is 1. The average Bonchev–Trinajstić information content (AvgIpc) is 3.38. The number of thiazole rings is 2. The number of nitrogens with one attached hydrogen (secondary N) is 1. The van der Waals surface area contributed by atoms with Crippen LogP contribution in [0.1, 0.15) is 41.0 Å². The number of carbonyl (C=O) groups excluding carboxylic acids is 2. The van der Waals surface area contributed by atoms with E-state index in [1.165, 1.54) is 28.0 Å². The number of hydrogen-bond acceptors (Lipinski definition) is 8. The molecule has 1 saturated heterocycles. The van der Waals surface area contributed by atoms with Crippen LogP contribution in [0.15, 0.2) is 17.4 Å². The van der Waals surface area contributed by atoms with Gasteiger partial charge in [0, 0.05) is 22.2 Å². The smallest absolute Gasteiger partial charge is 0.324 e. The van der Waals surface area contributed by atoms with Crippen molar-refractivity contribution in [2.45, 2.75) is 39.2 Å². The maximum Gasteiger partial charge on any atom is 0.324 e.